The number of carboxylic acids is 2. The molecule has 113 heavy (non-hydrogen) atoms. The number of nitrogens with two attached hydrogens (primary N) is 1. The summed E-state index contributed by atoms with van der Waals surface area (Å²) in [5.41, 5.74) is 14.3. The first-order chi connectivity index (χ1) is 53.2. The van der Waals surface area contributed by atoms with Gasteiger partial charge in [0.1, 0.15) is 0 Å². The van der Waals surface area contributed by atoms with Crippen LogP contribution < -0.4 is 11.1 Å². The minimum absolute atomic E-state index is 0.104. The van der Waals surface area contributed by atoms with Crippen LogP contribution in [0.25, 0.3) is 10.8 Å². The lowest BCUT2D eigenvalue weighted by atomic mass is 9.81. The van der Waals surface area contributed by atoms with E-state index in [1.807, 2.05) is 111 Å². The Bertz CT molecular complexity index is 4330. The van der Waals surface area contributed by atoms with Crippen LogP contribution in [-0.4, -0.2) is 205 Å². The molecule has 610 valence electrons. The van der Waals surface area contributed by atoms with Crippen LogP contribution in [0, 0.1) is 22.7 Å². The maximum absolute atomic E-state index is 12.1. The van der Waals surface area contributed by atoms with E-state index in [9.17, 15) is 53.1 Å². The van der Waals surface area contributed by atoms with Gasteiger partial charge in [-0.2, -0.15) is 0 Å². The lowest BCUT2D eigenvalue weighted by Gasteiger charge is -2.34. The van der Waals surface area contributed by atoms with E-state index in [1.54, 1.807) is 92.4 Å². The van der Waals surface area contributed by atoms with Gasteiger partial charge >= 0.3 is 59.7 Å². The van der Waals surface area contributed by atoms with Gasteiger partial charge in [-0.15, -0.1) is 0 Å². The molecule has 3 aromatic carbocycles. The number of nitrogens with zero attached hydrogens (tertiary/aromatic N) is 6. The highest BCUT2D eigenvalue weighted by atomic mass is 16.5. The number of nitrogens with one attached hydrogen (secondary N) is 1. The summed E-state index contributed by atoms with van der Waals surface area (Å²) in [6.45, 7) is 19.7. The van der Waals surface area contributed by atoms with E-state index in [0.29, 0.717) is 45.6 Å². The predicted molar refractivity (Wildman–Crippen MR) is 430 cm³/mol. The largest absolute Gasteiger partial charge is 0.478 e. The molecule has 6 aliphatic rings. The minimum Gasteiger partial charge on any atom is -0.478 e. The van der Waals surface area contributed by atoms with Crippen molar-refractivity contribution in [2.45, 2.75) is 81.7 Å². The average Bonchev–Trinajstić information content (AvgIpc) is 0.777. The number of ether oxygens (including phenoxy) is 8. The summed E-state index contributed by atoms with van der Waals surface area (Å²) in [6.07, 6.45) is 26.4. The van der Waals surface area contributed by atoms with Crippen LogP contribution in [0.3, 0.4) is 0 Å². The zero-order valence-corrected chi connectivity index (χ0v) is 68.8. The topological polar surface area (TPSA) is 342 Å². The summed E-state index contributed by atoms with van der Waals surface area (Å²) >= 11 is 0. The molecule has 28 nitrogen and oxygen atoms in total. The number of hydrogen-bond donors (Lipinski definition) is 4. The molecule has 5 N–H and O–H groups in total. The third-order valence-corrected chi connectivity index (χ3v) is 17.1. The molecular weight excluding hydrogens is 1450 g/mol. The fourth-order valence-electron chi connectivity index (χ4n) is 11.6. The Morgan fingerprint density at radius 2 is 0.841 bits per heavy atom. The first-order valence-electron chi connectivity index (χ1n) is 35.5. The molecule has 3 aromatic rings. The van der Waals surface area contributed by atoms with Crippen molar-refractivity contribution in [1.82, 2.24) is 29.4 Å². The van der Waals surface area contributed by atoms with Gasteiger partial charge in [0.2, 0.25) is 0 Å². The highest BCUT2D eigenvalue weighted by molar-refractivity contribution is 5.99. The first-order valence-corrected chi connectivity index (χ1v) is 35.5. The van der Waals surface area contributed by atoms with Gasteiger partial charge in [0.25, 0.3) is 0 Å². The summed E-state index contributed by atoms with van der Waals surface area (Å²) in [5.74, 6) is -6.39. The van der Waals surface area contributed by atoms with Crippen molar-refractivity contribution < 1.29 is 96.1 Å². The third-order valence-electron chi connectivity index (χ3n) is 17.1. The van der Waals surface area contributed by atoms with Gasteiger partial charge < -0.3 is 88.6 Å². The van der Waals surface area contributed by atoms with Crippen molar-refractivity contribution in [3.05, 3.63) is 243 Å². The molecule has 0 radical (unpaired) electrons. The van der Waals surface area contributed by atoms with E-state index in [1.165, 1.54) is 90.5 Å². The van der Waals surface area contributed by atoms with Crippen molar-refractivity contribution in [1.29, 1.82) is 0 Å². The number of allylic oxidation sites excluding steroid dienone is 7. The van der Waals surface area contributed by atoms with Crippen molar-refractivity contribution in [2.75, 3.05) is 111 Å². The number of aliphatic carboxylic acids is 2. The van der Waals surface area contributed by atoms with Crippen molar-refractivity contribution in [3.63, 3.8) is 0 Å². The smallest absolute Gasteiger partial charge is 0.336 e. The number of anilines is 1. The Labute approximate surface area is 662 Å². The Kier molecular flexibility index (Phi) is 38.3. The number of esters is 8. The fraction of sp³-hybridized carbons (Fsp3) is 0.365. The third kappa shape index (κ3) is 29.1. The van der Waals surface area contributed by atoms with E-state index < -0.39 is 59.6 Å². The molecule has 1 atom stereocenters. The summed E-state index contributed by atoms with van der Waals surface area (Å²) in [7, 11) is 19.3. The van der Waals surface area contributed by atoms with Crippen molar-refractivity contribution in [2.24, 2.45) is 28.4 Å². The van der Waals surface area contributed by atoms with E-state index in [-0.39, 0.29) is 46.8 Å². The molecule has 0 amide bonds. The number of rotatable bonds is 17. The minimum atomic E-state index is -1.04. The number of carboxylic acid groups (broad SMARTS) is 2. The molecule has 0 saturated carbocycles. The predicted octanol–water partition coefficient (Wildman–Crippen LogP) is 11.2. The van der Waals surface area contributed by atoms with Crippen LogP contribution in [-0.2, 0) is 92.4 Å². The highest BCUT2D eigenvalue weighted by Crippen LogP contribution is 2.38. The molecule has 0 saturated heterocycles. The summed E-state index contributed by atoms with van der Waals surface area (Å²) in [4.78, 5) is 125. The molecule has 0 fully saturated rings. The van der Waals surface area contributed by atoms with Crippen molar-refractivity contribution >= 4 is 76.2 Å². The monoisotopic (exact) mass is 1560 g/mol. The van der Waals surface area contributed by atoms with Gasteiger partial charge in [0.05, 0.1) is 113 Å². The molecule has 0 aliphatic carbocycles. The Morgan fingerprint density at radius 3 is 1.27 bits per heavy atom. The molecule has 28 heteroatoms. The Hall–Kier alpha value is -12.5. The average molecular weight is 1560 g/mol. The van der Waals surface area contributed by atoms with Gasteiger partial charge in [0, 0.05) is 175 Å². The van der Waals surface area contributed by atoms with Gasteiger partial charge in [-0.25, -0.2) is 47.9 Å². The molecule has 1 unspecified atom stereocenters. The zero-order chi connectivity index (χ0) is 85.2. The molecule has 6 heterocycles. The maximum atomic E-state index is 12.1. The molecule has 0 bridgehead atoms. The number of hydrogen-bond acceptors (Lipinski definition) is 26. The quantitative estimate of drug-likeness (QED) is 0.0554. The normalized spacial score (nSPS) is 16.1. The van der Waals surface area contributed by atoms with E-state index in [4.69, 9.17) is 34.5 Å². The number of carbonyl (C=O) groups is 10. The molecule has 9 rings (SSSR count). The second-order valence-electron chi connectivity index (χ2n) is 27.6. The second kappa shape index (κ2) is 45.6. The fourth-order valence-corrected chi connectivity index (χ4v) is 11.6. The van der Waals surface area contributed by atoms with Crippen molar-refractivity contribution in [3.8, 4) is 0 Å². The SMILES string of the molecule is COC(=O)C1=C(C)N(Cc2ccccc2)C=CC1(C)C.COC(=O)C1=CN(C)C=C(C(=O)O)C1.COC(=O)C1=CN(C)C=C(C(=O)O)C1C=C(C)C.COC(=O)C1=CN(C)C=C(C(=O)OC)C1.COC(=O)C1=CN(C)C=C(C(=O)OC)C1C=C(C)C.COC(=O)C1=CN(C)C=CC1(C)C.NCCNc1cccc2ccccc12. The van der Waals surface area contributed by atoms with E-state index in [0.717, 1.165) is 41.2 Å². The van der Waals surface area contributed by atoms with Crippen LogP contribution in [0.4, 0.5) is 5.69 Å². The lowest BCUT2D eigenvalue weighted by Crippen LogP contribution is -2.31. The van der Waals surface area contributed by atoms with Crippen LogP contribution in [0.15, 0.2) is 238 Å². The lowest BCUT2D eigenvalue weighted by molar-refractivity contribution is -0.139. The maximum Gasteiger partial charge on any atom is 0.336 e. The highest BCUT2D eigenvalue weighted by Gasteiger charge is 2.36. The number of carbonyl (C=O) groups excluding carboxylic acids is 8. The van der Waals surface area contributed by atoms with Gasteiger partial charge in [-0.1, -0.05) is 130 Å². The van der Waals surface area contributed by atoms with Crippen LogP contribution >= 0.6 is 0 Å². The first kappa shape index (κ1) is 94.7. The molecule has 0 aromatic heterocycles. The van der Waals surface area contributed by atoms with Crippen LogP contribution in [0.2, 0.25) is 0 Å². The summed E-state index contributed by atoms with van der Waals surface area (Å²) in [5, 5.41) is 23.8. The number of fused-ring (bicyclic) bond motifs is 1. The zero-order valence-electron chi connectivity index (χ0n) is 68.8. The van der Waals surface area contributed by atoms with Crippen LogP contribution in [0.5, 0.6) is 0 Å². The number of methoxy groups -OCH3 is 8. The van der Waals surface area contributed by atoms with Crippen LogP contribution in [0.1, 0.15) is 80.7 Å². The molecular formula is C85H110N8O20. The Morgan fingerprint density at radius 1 is 0.451 bits per heavy atom. The van der Waals surface area contributed by atoms with Gasteiger partial charge in [-0.3, -0.25) is 0 Å². The molecule has 0 spiro atoms. The van der Waals surface area contributed by atoms with E-state index >= 15 is 0 Å². The van der Waals surface area contributed by atoms with Gasteiger partial charge in [0.15, 0.2) is 0 Å². The summed E-state index contributed by atoms with van der Waals surface area (Å²) in [6, 6.07) is 24.8. The van der Waals surface area contributed by atoms with E-state index in [2.05, 4.69) is 91.3 Å². The molecule has 6 aliphatic heterocycles. The summed E-state index contributed by atoms with van der Waals surface area (Å²) < 4.78 is 37.6. The number of benzene rings is 3. The Balaban J connectivity index is 0.000000343. The standard InChI is InChI=1S/C17H21NO2.C14H19NO4.C13H17NO4.C12H14N2.C10H13NO4.C10H15NO2.C9H11NO4/c1-13-15(16(19)20-4)17(2,3)10-11-18(13)12-14-8-6-5-7-9-14;1-9(2)6-10-11(13(16)18-4)7-15(3)8-12(10)14(17)19-5;1-8(2)5-9-10(12(15)16)6-14(3)7-11(9)13(17)18-4;13-8-9-14-12-7-3-5-10-4-1-2-6-11(10)12;1-11-5-7(9(12)14-2)4-8(6-11)10(13)15-3;1-10(2)5-6-11(3)7-8(10)9(12)13-4;1-10-4-6(8(11)12)3-7(5-10)9(13)14-2/h5-11H,12H2,1-4H3;6-8,10H,1-5H3;5-7,9H,1-4H3,(H,15,16);1-7,14H,8-9,13H2;5-6H,4H2,1-3H3;5-7H,1-4H3;4-5H,3H2,1-2H3,(H,11,12). The van der Waals surface area contributed by atoms with Gasteiger partial charge in [-0.05, 0) is 51.6 Å². The second-order valence-corrected chi connectivity index (χ2v) is 27.6.